The minimum absolute atomic E-state index is 0.0335. The summed E-state index contributed by atoms with van der Waals surface area (Å²) in [5, 5.41) is 16.9. The average molecular weight is 334 g/mol. The van der Waals surface area contributed by atoms with Gasteiger partial charge in [0.1, 0.15) is 5.82 Å². The number of fused-ring (bicyclic) bond motifs is 1. The van der Waals surface area contributed by atoms with Gasteiger partial charge in [0.15, 0.2) is 17.3 Å². The number of rotatable bonds is 5. The van der Waals surface area contributed by atoms with Gasteiger partial charge in [0.05, 0.1) is 18.2 Å². The molecule has 2 heterocycles. The first kappa shape index (κ1) is 16.1. The first-order valence-electron chi connectivity index (χ1n) is 7.23. The molecule has 3 rings (SSSR count). The van der Waals surface area contributed by atoms with Crippen LogP contribution in [0.4, 0.5) is 26.2 Å². The summed E-state index contributed by atoms with van der Waals surface area (Å²) in [5.74, 6) is -1.09. The Hall–Kier alpha value is -2.81. The molecule has 0 aliphatic carbocycles. The number of aliphatic hydroxyl groups is 1. The first-order valence-corrected chi connectivity index (χ1v) is 7.23. The molecule has 0 aliphatic rings. The van der Waals surface area contributed by atoms with E-state index in [1.165, 1.54) is 6.07 Å². The minimum Gasteiger partial charge on any atom is -0.395 e. The quantitative estimate of drug-likeness (QED) is 0.741. The highest BCUT2D eigenvalue weighted by Crippen LogP contribution is 2.25. The molecule has 7 nitrogen and oxygen atoms in total. The molecule has 0 unspecified atom stereocenters. The number of nitrogens with zero attached hydrogens (tertiary/aromatic N) is 5. The lowest BCUT2D eigenvalue weighted by atomic mass is 10.3. The molecule has 126 valence electrons. The summed E-state index contributed by atoms with van der Waals surface area (Å²) in [6.07, 6.45) is 1.64. The summed E-state index contributed by atoms with van der Waals surface area (Å²) in [6.45, 7) is 0.347. The Bertz CT molecular complexity index is 882. The third kappa shape index (κ3) is 2.98. The second-order valence-corrected chi connectivity index (χ2v) is 5.28. The molecule has 0 radical (unpaired) electrons. The monoisotopic (exact) mass is 334 g/mol. The van der Waals surface area contributed by atoms with Gasteiger partial charge in [-0.25, -0.2) is 8.78 Å². The number of hydrogen-bond acceptors (Lipinski definition) is 6. The number of likely N-dealkylation sites (N-methyl/N-ethyl adjacent to an activating group) is 1. The molecule has 3 aromatic rings. The van der Waals surface area contributed by atoms with Gasteiger partial charge in [0.2, 0.25) is 5.95 Å². The Morgan fingerprint density at radius 1 is 1.25 bits per heavy atom. The zero-order valence-corrected chi connectivity index (χ0v) is 13.2. The second kappa shape index (κ2) is 6.36. The third-order valence-corrected chi connectivity index (χ3v) is 3.54. The van der Waals surface area contributed by atoms with Crippen LogP contribution < -0.4 is 10.2 Å². The van der Waals surface area contributed by atoms with E-state index in [1.54, 1.807) is 29.9 Å². The molecule has 2 aromatic heterocycles. The fourth-order valence-corrected chi connectivity index (χ4v) is 2.31. The van der Waals surface area contributed by atoms with Gasteiger partial charge >= 0.3 is 0 Å². The number of aliphatic hydroxyl groups excluding tert-OH is 1. The maximum Gasteiger partial charge on any atom is 0.231 e. The van der Waals surface area contributed by atoms with Crippen molar-refractivity contribution in [2.24, 2.45) is 7.05 Å². The maximum atomic E-state index is 13.4. The smallest absolute Gasteiger partial charge is 0.231 e. The summed E-state index contributed by atoms with van der Waals surface area (Å²) in [4.78, 5) is 10.5. The van der Waals surface area contributed by atoms with Crippen molar-refractivity contribution in [3.63, 3.8) is 0 Å². The average Bonchev–Trinajstić information content (AvgIpc) is 2.92. The van der Waals surface area contributed by atoms with Crippen molar-refractivity contribution < 1.29 is 13.9 Å². The lowest BCUT2D eigenvalue weighted by Gasteiger charge is -2.18. The van der Waals surface area contributed by atoms with Crippen LogP contribution in [-0.4, -0.2) is 45.1 Å². The molecule has 0 aliphatic heterocycles. The van der Waals surface area contributed by atoms with Crippen LogP contribution in [-0.2, 0) is 7.05 Å². The van der Waals surface area contributed by atoms with Gasteiger partial charge < -0.3 is 15.3 Å². The van der Waals surface area contributed by atoms with E-state index < -0.39 is 11.6 Å². The standard InChI is InChI=1S/C15H16F2N6O/c1-22(5-6-24)13-10-8-18-23(2)14(10)21-15(20-13)19-9-3-4-11(16)12(17)7-9/h3-4,7-8,24H,5-6H2,1-2H3,(H,19,20,21). The van der Waals surface area contributed by atoms with E-state index in [2.05, 4.69) is 20.4 Å². The van der Waals surface area contributed by atoms with Crippen molar-refractivity contribution in [3.05, 3.63) is 36.0 Å². The fourth-order valence-electron chi connectivity index (χ4n) is 2.31. The number of halogens is 2. The van der Waals surface area contributed by atoms with Crippen molar-refractivity contribution in [2.45, 2.75) is 0 Å². The molecule has 0 amide bonds. The number of aryl methyl sites for hydroxylation is 1. The Morgan fingerprint density at radius 3 is 2.75 bits per heavy atom. The van der Waals surface area contributed by atoms with Crippen LogP contribution in [0.1, 0.15) is 0 Å². The molecule has 0 saturated carbocycles. The van der Waals surface area contributed by atoms with Crippen LogP contribution in [0, 0.1) is 11.6 Å². The normalized spacial score (nSPS) is 11.0. The zero-order valence-electron chi connectivity index (χ0n) is 13.2. The lowest BCUT2D eigenvalue weighted by Crippen LogP contribution is -2.23. The lowest BCUT2D eigenvalue weighted by molar-refractivity contribution is 0.304. The van der Waals surface area contributed by atoms with E-state index in [0.717, 1.165) is 17.5 Å². The zero-order chi connectivity index (χ0) is 17.3. The van der Waals surface area contributed by atoms with Crippen LogP contribution >= 0.6 is 0 Å². The van der Waals surface area contributed by atoms with Gasteiger partial charge in [-0.3, -0.25) is 4.68 Å². The van der Waals surface area contributed by atoms with Crippen molar-refractivity contribution in [3.8, 4) is 0 Å². The van der Waals surface area contributed by atoms with E-state index in [1.807, 2.05) is 0 Å². The number of aromatic nitrogens is 4. The van der Waals surface area contributed by atoms with Gasteiger partial charge in [0, 0.05) is 32.4 Å². The molecular formula is C15H16F2N6O. The molecular weight excluding hydrogens is 318 g/mol. The van der Waals surface area contributed by atoms with Gasteiger partial charge in [-0.15, -0.1) is 0 Å². The van der Waals surface area contributed by atoms with Crippen molar-refractivity contribution in [1.82, 2.24) is 19.7 Å². The van der Waals surface area contributed by atoms with Crippen molar-refractivity contribution in [1.29, 1.82) is 0 Å². The molecule has 0 fully saturated rings. The molecule has 1 aromatic carbocycles. The topological polar surface area (TPSA) is 79.1 Å². The highest BCUT2D eigenvalue weighted by atomic mass is 19.2. The van der Waals surface area contributed by atoms with E-state index in [-0.39, 0.29) is 12.6 Å². The van der Waals surface area contributed by atoms with Crippen LogP contribution in [0.5, 0.6) is 0 Å². The predicted octanol–water partition coefficient (Wildman–Crippen LogP) is 1.81. The first-order chi connectivity index (χ1) is 11.5. The predicted molar refractivity (Wildman–Crippen MR) is 86.3 cm³/mol. The summed E-state index contributed by atoms with van der Waals surface area (Å²) < 4.78 is 28.0. The van der Waals surface area contributed by atoms with E-state index in [9.17, 15) is 8.78 Å². The Labute approximate surface area is 136 Å². The molecule has 9 heteroatoms. The highest BCUT2D eigenvalue weighted by molar-refractivity contribution is 5.88. The summed E-state index contributed by atoms with van der Waals surface area (Å²) >= 11 is 0. The second-order valence-electron chi connectivity index (χ2n) is 5.28. The summed E-state index contributed by atoms with van der Waals surface area (Å²) in [5.41, 5.74) is 0.904. The largest absolute Gasteiger partial charge is 0.395 e. The molecule has 0 saturated heterocycles. The molecule has 0 bridgehead atoms. The van der Waals surface area contributed by atoms with E-state index in [0.29, 0.717) is 23.7 Å². The minimum atomic E-state index is -0.959. The van der Waals surface area contributed by atoms with Crippen LogP contribution in [0.15, 0.2) is 24.4 Å². The molecule has 0 spiro atoms. The summed E-state index contributed by atoms with van der Waals surface area (Å²) in [7, 11) is 3.53. The molecule has 2 N–H and O–H groups in total. The molecule has 24 heavy (non-hydrogen) atoms. The fraction of sp³-hybridized carbons (Fsp3) is 0.267. The SMILES string of the molecule is CN(CCO)c1nc(Nc2ccc(F)c(F)c2)nc2c1cnn2C. The van der Waals surface area contributed by atoms with E-state index in [4.69, 9.17) is 5.11 Å². The van der Waals surface area contributed by atoms with Crippen molar-refractivity contribution >= 4 is 28.5 Å². The highest BCUT2D eigenvalue weighted by Gasteiger charge is 2.15. The van der Waals surface area contributed by atoms with Crippen LogP contribution in [0.25, 0.3) is 11.0 Å². The maximum absolute atomic E-state index is 13.4. The summed E-state index contributed by atoms with van der Waals surface area (Å²) in [6, 6.07) is 3.45. The molecule has 0 atom stereocenters. The van der Waals surface area contributed by atoms with Gasteiger partial charge in [-0.05, 0) is 12.1 Å². The Morgan fingerprint density at radius 2 is 2.04 bits per heavy atom. The van der Waals surface area contributed by atoms with Crippen molar-refractivity contribution in [2.75, 3.05) is 30.4 Å². The van der Waals surface area contributed by atoms with Crippen LogP contribution in [0.3, 0.4) is 0 Å². The van der Waals surface area contributed by atoms with Gasteiger partial charge in [-0.1, -0.05) is 0 Å². The Balaban J connectivity index is 2.04. The van der Waals surface area contributed by atoms with E-state index >= 15 is 0 Å². The Kier molecular flexibility index (Phi) is 4.26. The number of hydrogen-bond donors (Lipinski definition) is 2. The third-order valence-electron chi connectivity index (χ3n) is 3.54. The van der Waals surface area contributed by atoms with Gasteiger partial charge in [0.25, 0.3) is 0 Å². The number of benzene rings is 1. The van der Waals surface area contributed by atoms with Crippen LogP contribution in [0.2, 0.25) is 0 Å². The number of anilines is 3. The van der Waals surface area contributed by atoms with Gasteiger partial charge in [-0.2, -0.15) is 15.1 Å². The number of nitrogens with one attached hydrogen (secondary N) is 1.